The first-order valence-corrected chi connectivity index (χ1v) is 11.1. The lowest BCUT2D eigenvalue weighted by Gasteiger charge is -2.47. The van der Waals surface area contributed by atoms with Crippen molar-refractivity contribution in [2.24, 2.45) is 0 Å². The first-order chi connectivity index (χ1) is 17.0. The molecule has 4 unspecified atom stereocenters. The zero-order valence-corrected chi connectivity index (χ0v) is 19.7. The second-order valence-corrected chi connectivity index (χ2v) is 8.38. The lowest BCUT2D eigenvalue weighted by atomic mass is 9.95. The quantitative estimate of drug-likeness (QED) is 0.190. The van der Waals surface area contributed by atoms with Crippen LogP contribution in [0.15, 0.2) is 0 Å². The second-order valence-electron chi connectivity index (χ2n) is 8.38. The summed E-state index contributed by atoms with van der Waals surface area (Å²) in [6, 6.07) is -1.18. The maximum Gasteiger partial charge on any atom is 0.364 e. The van der Waals surface area contributed by atoms with Gasteiger partial charge in [0.25, 0.3) is 11.8 Å². The molecule has 3 amide bonds. The van der Waals surface area contributed by atoms with E-state index in [2.05, 4.69) is 5.32 Å². The average Bonchev–Trinajstić information content (AvgIpc) is 3.15. The fourth-order valence-corrected chi connectivity index (χ4v) is 4.18. The molecule has 3 fully saturated rings. The van der Waals surface area contributed by atoms with Gasteiger partial charge in [-0.3, -0.25) is 14.4 Å². The monoisotopic (exact) mass is 522 g/mol. The van der Waals surface area contributed by atoms with Crippen molar-refractivity contribution in [3.05, 3.63) is 0 Å². The molecule has 10 atom stereocenters. The van der Waals surface area contributed by atoms with Gasteiger partial charge in [-0.25, -0.2) is 4.79 Å². The molecule has 204 valence electrons. The van der Waals surface area contributed by atoms with E-state index >= 15 is 0 Å². The number of hydrogen-bond donors (Lipinski definition) is 5. The Hall–Kier alpha value is -2.28. The number of hydroxylamine groups is 2. The van der Waals surface area contributed by atoms with E-state index in [0.29, 0.717) is 0 Å². The third-order valence-corrected chi connectivity index (χ3v) is 5.98. The van der Waals surface area contributed by atoms with Crippen LogP contribution in [0.4, 0.5) is 0 Å². The van der Waals surface area contributed by atoms with Crippen molar-refractivity contribution in [1.29, 1.82) is 0 Å². The molecule has 0 bridgehead atoms. The highest BCUT2D eigenvalue weighted by molar-refractivity contribution is 6.01. The maximum absolute atomic E-state index is 12.8. The number of ether oxygens (including phenoxy) is 5. The number of hydrogen-bond acceptors (Lipinski definition) is 14. The van der Waals surface area contributed by atoms with Gasteiger partial charge >= 0.3 is 5.97 Å². The summed E-state index contributed by atoms with van der Waals surface area (Å²) < 4.78 is 26.9. The molecule has 0 spiro atoms. The Morgan fingerprint density at radius 3 is 2.14 bits per heavy atom. The molecule has 3 rings (SSSR count). The summed E-state index contributed by atoms with van der Waals surface area (Å²) in [4.78, 5) is 53.0. The number of nitrogens with one attached hydrogen (secondary N) is 1. The Labute approximate surface area is 204 Å². The van der Waals surface area contributed by atoms with Gasteiger partial charge in [0.15, 0.2) is 18.7 Å². The van der Waals surface area contributed by atoms with Gasteiger partial charge in [0, 0.05) is 34.0 Å². The fraction of sp³-hybridized carbons (Fsp3) is 0.800. The van der Waals surface area contributed by atoms with Crippen molar-refractivity contribution < 1.29 is 68.1 Å². The summed E-state index contributed by atoms with van der Waals surface area (Å²) in [6.07, 6.45) is -14.5. The van der Waals surface area contributed by atoms with Crippen LogP contribution in [0, 0.1) is 0 Å². The molecule has 0 aromatic carbocycles. The Kier molecular flexibility index (Phi) is 9.31. The molecule has 0 aromatic rings. The fourth-order valence-electron chi connectivity index (χ4n) is 4.18. The van der Waals surface area contributed by atoms with E-state index in [9.17, 15) is 39.6 Å². The number of rotatable bonds is 8. The van der Waals surface area contributed by atoms with E-state index in [-0.39, 0.29) is 17.9 Å². The summed E-state index contributed by atoms with van der Waals surface area (Å²) >= 11 is 0. The largest absolute Gasteiger partial charge is 0.394 e. The van der Waals surface area contributed by atoms with E-state index in [1.165, 1.54) is 14.0 Å². The summed E-state index contributed by atoms with van der Waals surface area (Å²) in [5.41, 5.74) is 0. The summed E-state index contributed by atoms with van der Waals surface area (Å²) in [6.45, 7) is 0.517. The van der Waals surface area contributed by atoms with Gasteiger partial charge in [0.05, 0.1) is 6.61 Å². The van der Waals surface area contributed by atoms with Crippen LogP contribution in [0.2, 0.25) is 0 Å². The molecular formula is C20H30N2O14. The molecule has 0 saturated carbocycles. The van der Waals surface area contributed by atoms with Crippen LogP contribution >= 0.6 is 0 Å². The van der Waals surface area contributed by atoms with Gasteiger partial charge in [-0.05, 0) is 0 Å². The average molecular weight is 522 g/mol. The molecule has 3 saturated heterocycles. The number of amides is 3. The Balaban J connectivity index is 1.84. The Morgan fingerprint density at radius 2 is 1.61 bits per heavy atom. The summed E-state index contributed by atoms with van der Waals surface area (Å²) in [7, 11) is 2.36. The van der Waals surface area contributed by atoms with Crippen LogP contribution < -0.4 is 5.32 Å². The van der Waals surface area contributed by atoms with Crippen molar-refractivity contribution in [2.45, 2.75) is 81.1 Å². The van der Waals surface area contributed by atoms with Crippen molar-refractivity contribution >= 4 is 23.7 Å². The normalized spacial score (nSPS) is 39.2. The lowest BCUT2D eigenvalue weighted by molar-refractivity contribution is -0.341. The predicted octanol–water partition coefficient (Wildman–Crippen LogP) is -4.33. The maximum atomic E-state index is 12.8. The van der Waals surface area contributed by atoms with Gasteiger partial charge < -0.3 is 54.3 Å². The van der Waals surface area contributed by atoms with Gasteiger partial charge in [-0.1, -0.05) is 0 Å². The van der Waals surface area contributed by atoms with E-state index in [1.54, 1.807) is 0 Å². The van der Waals surface area contributed by atoms with Crippen molar-refractivity contribution in [3.63, 3.8) is 0 Å². The Bertz CT molecular complexity index is 825. The van der Waals surface area contributed by atoms with Crippen molar-refractivity contribution in [1.82, 2.24) is 10.4 Å². The minimum Gasteiger partial charge on any atom is -0.394 e. The van der Waals surface area contributed by atoms with Crippen LogP contribution in [0.1, 0.15) is 19.8 Å². The van der Waals surface area contributed by atoms with Gasteiger partial charge in [-0.2, -0.15) is 0 Å². The number of aliphatic hydroxyl groups excluding tert-OH is 4. The van der Waals surface area contributed by atoms with E-state index in [1.807, 2.05) is 0 Å². The SMILES string of the molecule is COC1OC(CO)[C@@H](O)[C@H](OC2OC(C(=O)ON3C(=O)CCC3=O)[C@@H](OC)[C@H](O)[C@@H]2O)[C@@H]1NC(C)=O. The molecule has 5 N–H and O–H groups in total. The molecule has 0 aliphatic carbocycles. The molecule has 16 nitrogen and oxygen atoms in total. The van der Waals surface area contributed by atoms with E-state index < -0.39 is 91.6 Å². The number of carbonyl (C=O) groups excluding carboxylic acids is 4. The number of aliphatic hydroxyl groups is 4. The standard InChI is InChI=1S/C20H30N2O14/c1-7(24)21-11-15(12(27)8(6-23)33-19(11)32-3)34-20-14(29)13(28)16(31-2)17(35-20)18(30)36-22-9(25)4-5-10(22)26/h8,11-17,19-20,23,27-29H,4-6H2,1-3H3,(H,21,24)/t8?,11-,12+,13+,14-,15+,16-,17?,19?,20?/m0/s1. The smallest absolute Gasteiger partial charge is 0.364 e. The second kappa shape index (κ2) is 11.8. The molecule has 0 aromatic heterocycles. The number of imide groups is 1. The zero-order valence-electron chi connectivity index (χ0n) is 19.7. The highest BCUT2D eigenvalue weighted by Crippen LogP contribution is 2.31. The molecular weight excluding hydrogens is 492 g/mol. The third-order valence-electron chi connectivity index (χ3n) is 5.98. The van der Waals surface area contributed by atoms with Crippen LogP contribution in [-0.2, 0) is 47.7 Å². The number of carbonyl (C=O) groups is 4. The highest BCUT2D eigenvalue weighted by atomic mass is 16.8. The van der Waals surface area contributed by atoms with Gasteiger partial charge in [-0.15, -0.1) is 5.06 Å². The summed E-state index contributed by atoms with van der Waals surface area (Å²) in [5, 5.41) is 44.2. The third kappa shape index (κ3) is 5.66. The molecule has 0 radical (unpaired) electrons. The molecule has 16 heteroatoms. The molecule has 3 heterocycles. The van der Waals surface area contributed by atoms with Crippen LogP contribution in [0.25, 0.3) is 0 Å². The highest BCUT2D eigenvalue weighted by Gasteiger charge is 2.54. The summed E-state index contributed by atoms with van der Waals surface area (Å²) in [5.74, 6) is -3.36. The molecule has 36 heavy (non-hydrogen) atoms. The van der Waals surface area contributed by atoms with Crippen LogP contribution in [-0.4, -0.2) is 131 Å². The number of nitrogens with zero attached hydrogens (tertiary/aromatic N) is 1. The first-order valence-electron chi connectivity index (χ1n) is 11.1. The van der Waals surface area contributed by atoms with Crippen molar-refractivity contribution in [2.75, 3.05) is 20.8 Å². The van der Waals surface area contributed by atoms with Gasteiger partial charge in [0.2, 0.25) is 5.91 Å². The molecule has 3 aliphatic rings. The first kappa shape index (κ1) is 28.3. The van der Waals surface area contributed by atoms with Gasteiger partial charge in [0.1, 0.15) is 42.7 Å². The minimum absolute atomic E-state index is 0.155. The van der Waals surface area contributed by atoms with E-state index in [0.717, 1.165) is 7.11 Å². The Morgan fingerprint density at radius 1 is 0.972 bits per heavy atom. The van der Waals surface area contributed by atoms with E-state index in [4.69, 9.17) is 28.5 Å². The topological polar surface area (TPSA) is 220 Å². The van der Waals surface area contributed by atoms with Crippen LogP contribution in [0.3, 0.4) is 0 Å². The molecule has 3 aliphatic heterocycles. The predicted molar refractivity (Wildman–Crippen MR) is 110 cm³/mol. The zero-order chi connectivity index (χ0) is 26.7. The number of methoxy groups -OCH3 is 2. The van der Waals surface area contributed by atoms with Crippen molar-refractivity contribution in [3.8, 4) is 0 Å². The van der Waals surface area contributed by atoms with Crippen LogP contribution in [0.5, 0.6) is 0 Å². The lowest BCUT2D eigenvalue weighted by Crippen LogP contribution is -2.68. The minimum atomic E-state index is -1.84.